The average Bonchev–Trinajstić information content (AvgIpc) is 2.76. The Morgan fingerprint density at radius 3 is 2.38 bits per heavy atom. The molecule has 3 aliphatic rings. The van der Waals surface area contributed by atoms with Crippen molar-refractivity contribution in [2.75, 3.05) is 50.7 Å². The van der Waals surface area contributed by atoms with Crippen LogP contribution in [0.5, 0.6) is 0 Å². The van der Waals surface area contributed by atoms with E-state index < -0.39 is 35.5 Å². The van der Waals surface area contributed by atoms with E-state index in [-0.39, 0.29) is 30.0 Å². The number of rotatable bonds is 5. The van der Waals surface area contributed by atoms with E-state index >= 15 is 0 Å². The van der Waals surface area contributed by atoms with Gasteiger partial charge in [0.2, 0.25) is 11.8 Å². The number of hydrazine groups is 1. The number of imide groups is 1. The summed E-state index contributed by atoms with van der Waals surface area (Å²) in [6.45, 7) is 4.45. The highest BCUT2D eigenvalue weighted by Gasteiger charge is 2.32. The van der Waals surface area contributed by atoms with Gasteiger partial charge < -0.3 is 10.0 Å². The fourth-order valence-corrected chi connectivity index (χ4v) is 4.94. The lowest BCUT2D eigenvalue weighted by molar-refractivity contribution is -0.134. The standard InChI is InChI=1S/C22H31F2N5O3/c23-17-12-19(18(24)11-16(17)15-1-2-21(31)26-22(15)32)28-9-7-27(8-10-28)13-20(30)14-3-5-29(25)6-4-14/h11-12,14-15,20,30H,1-10,13,25H2,(H,26,31,32). The van der Waals surface area contributed by atoms with Gasteiger partial charge in [0.15, 0.2) is 0 Å². The maximum Gasteiger partial charge on any atom is 0.234 e. The third-order valence-corrected chi connectivity index (χ3v) is 6.96. The molecule has 1 aromatic carbocycles. The monoisotopic (exact) mass is 451 g/mol. The number of amides is 2. The fourth-order valence-electron chi connectivity index (χ4n) is 4.94. The highest BCUT2D eigenvalue weighted by atomic mass is 19.1. The lowest BCUT2D eigenvalue weighted by atomic mass is 9.89. The first-order chi connectivity index (χ1) is 15.3. The molecule has 0 spiro atoms. The lowest BCUT2D eigenvalue weighted by Crippen LogP contribution is -2.51. The third-order valence-electron chi connectivity index (χ3n) is 6.96. The summed E-state index contributed by atoms with van der Waals surface area (Å²) < 4.78 is 29.7. The quantitative estimate of drug-likeness (QED) is 0.444. The van der Waals surface area contributed by atoms with E-state index in [1.54, 1.807) is 9.91 Å². The smallest absolute Gasteiger partial charge is 0.234 e. The van der Waals surface area contributed by atoms with Crippen molar-refractivity contribution in [3.05, 3.63) is 29.3 Å². The topological polar surface area (TPSA) is 102 Å². The number of aliphatic hydroxyl groups is 1. The van der Waals surface area contributed by atoms with Crippen LogP contribution in [0, 0.1) is 17.6 Å². The summed E-state index contributed by atoms with van der Waals surface area (Å²) in [7, 11) is 0. The predicted molar refractivity (Wildman–Crippen MR) is 115 cm³/mol. The van der Waals surface area contributed by atoms with Gasteiger partial charge >= 0.3 is 0 Å². The number of halogens is 2. The number of piperidine rings is 2. The molecule has 3 saturated heterocycles. The Morgan fingerprint density at radius 1 is 1.03 bits per heavy atom. The molecule has 0 aromatic heterocycles. The molecule has 3 heterocycles. The van der Waals surface area contributed by atoms with Crippen molar-refractivity contribution in [1.29, 1.82) is 0 Å². The average molecular weight is 452 g/mol. The number of hydrogen-bond donors (Lipinski definition) is 3. The van der Waals surface area contributed by atoms with Gasteiger partial charge in [-0.2, -0.15) is 0 Å². The number of piperazine rings is 1. The van der Waals surface area contributed by atoms with Gasteiger partial charge in [-0.15, -0.1) is 0 Å². The number of anilines is 1. The van der Waals surface area contributed by atoms with Crippen LogP contribution in [0.4, 0.5) is 14.5 Å². The summed E-state index contributed by atoms with van der Waals surface area (Å²) in [5.41, 5.74) is 0.163. The first-order valence-corrected chi connectivity index (χ1v) is 11.3. The minimum Gasteiger partial charge on any atom is -0.392 e. The Bertz CT molecular complexity index is 854. The first kappa shape index (κ1) is 23.0. The minimum atomic E-state index is -0.860. The number of aliphatic hydroxyl groups excluding tert-OH is 1. The van der Waals surface area contributed by atoms with Crippen molar-refractivity contribution in [1.82, 2.24) is 15.2 Å². The molecule has 32 heavy (non-hydrogen) atoms. The molecule has 4 rings (SSSR count). The normalized spacial score (nSPS) is 25.1. The molecule has 0 bridgehead atoms. The Balaban J connectivity index is 1.35. The zero-order valence-electron chi connectivity index (χ0n) is 18.1. The van der Waals surface area contributed by atoms with E-state index in [9.17, 15) is 23.5 Å². The summed E-state index contributed by atoms with van der Waals surface area (Å²) in [6.07, 6.45) is 1.62. The molecular formula is C22H31F2N5O3. The SMILES string of the molecule is NN1CCC(C(O)CN2CCN(c3cc(F)c(C4CCC(=O)NC4=O)cc3F)CC2)CC1. The zero-order chi connectivity index (χ0) is 22.8. The molecule has 1 aromatic rings. The number of nitrogens with zero attached hydrogens (tertiary/aromatic N) is 3. The maximum atomic E-state index is 14.9. The van der Waals surface area contributed by atoms with Crippen LogP contribution in [0.15, 0.2) is 12.1 Å². The first-order valence-electron chi connectivity index (χ1n) is 11.3. The van der Waals surface area contributed by atoms with Crippen LogP contribution in [0.3, 0.4) is 0 Å². The van der Waals surface area contributed by atoms with Gasteiger partial charge in [0.1, 0.15) is 11.6 Å². The van der Waals surface area contributed by atoms with Gasteiger partial charge in [0, 0.05) is 63.9 Å². The number of nitrogens with one attached hydrogen (secondary N) is 1. The van der Waals surface area contributed by atoms with Crippen LogP contribution < -0.4 is 16.1 Å². The molecule has 2 amide bonds. The van der Waals surface area contributed by atoms with Crippen LogP contribution >= 0.6 is 0 Å². The maximum absolute atomic E-state index is 14.9. The molecule has 3 fully saturated rings. The molecule has 4 N–H and O–H groups in total. The van der Waals surface area contributed by atoms with Gasteiger partial charge in [0.25, 0.3) is 0 Å². The summed E-state index contributed by atoms with van der Waals surface area (Å²) in [5, 5.41) is 14.6. The highest BCUT2D eigenvalue weighted by molar-refractivity contribution is 6.01. The number of β-amino-alcohol motifs (C(OH)–C–C–N with tert-alkyl or cyclic N) is 1. The van der Waals surface area contributed by atoms with Crippen LogP contribution in [-0.4, -0.2) is 78.7 Å². The molecule has 10 heteroatoms. The molecule has 0 radical (unpaired) electrons. The van der Waals surface area contributed by atoms with Crippen molar-refractivity contribution in [2.45, 2.75) is 37.7 Å². The van der Waals surface area contributed by atoms with Crippen molar-refractivity contribution in [3.63, 3.8) is 0 Å². The van der Waals surface area contributed by atoms with Crippen molar-refractivity contribution in [2.24, 2.45) is 11.8 Å². The summed E-state index contributed by atoms with van der Waals surface area (Å²) >= 11 is 0. The second-order valence-electron chi connectivity index (χ2n) is 9.06. The summed E-state index contributed by atoms with van der Waals surface area (Å²) in [6, 6.07) is 2.24. The number of carbonyl (C=O) groups is 2. The Morgan fingerprint density at radius 2 is 1.72 bits per heavy atom. The van der Waals surface area contributed by atoms with E-state index in [1.165, 1.54) is 0 Å². The number of benzene rings is 1. The second kappa shape index (κ2) is 9.78. The van der Waals surface area contributed by atoms with Crippen LogP contribution in [0.1, 0.15) is 37.2 Å². The van der Waals surface area contributed by atoms with Crippen LogP contribution in [0.25, 0.3) is 0 Å². The van der Waals surface area contributed by atoms with E-state index in [0.717, 1.165) is 38.1 Å². The summed E-state index contributed by atoms with van der Waals surface area (Å²) in [4.78, 5) is 27.3. The number of nitrogens with two attached hydrogens (primary N) is 1. The fraction of sp³-hybridized carbons (Fsp3) is 0.636. The molecule has 2 atom stereocenters. The van der Waals surface area contributed by atoms with Gasteiger partial charge in [-0.1, -0.05) is 0 Å². The molecule has 0 saturated carbocycles. The Kier molecular flexibility index (Phi) is 7.04. The molecule has 8 nitrogen and oxygen atoms in total. The van der Waals surface area contributed by atoms with Crippen LogP contribution in [-0.2, 0) is 9.59 Å². The second-order valence-corrected chi connectivity index (χ2v) is 9.06. The third kappa shape index (κ3) is 5.09. The molecule has 0 aliphatic carbocycles. The van der Waals surface area contributed by atoms with Gasteiger partial charge in [-0.05, 0) is 31.2 Å². The predicted octanol–water partition coefficient (Wildman–Crippen LogP) is 0.554. The number of carbonyl (C=O) groups excluding carboxylic acids is 2. The van der Waals surface area contributed by atoms with Gasteiger partial charge in [0.05, 0.1) is 17.7 Å². The van der Waals surface area contributed by atoms with E-state index in [4.69, 9.17) is 5.84 Å². The summed E-state index contributed by atoms with van der Waals surface area (Å²) in [5.74, 6) is 2.97. The van der Waals surface area contributed by atoms with E-state index in [0.29, 0.717) is 32.7 Å². The largest absolute Gasteiger partial charge is 0.392 e. The highest BCUT2D eigenvalue weighted by Crippen LogP contribution is 2.32. The minimum absolute atomic E-state index is 0.0125. The van der Waals surface area contributed by atoms with E-state index in [2.05, 4.69) is 10.2 Å². The molecule has 3 aliphatic heterocycles. The van der Waals surface area contributed by atoms with Crippen molar-refractivity contribution < 1.29 is 23.5 Å². The molecular weight excluding hydrogens is 420 g/mol. The Hall–Kier alpha value is -2.14. The molecule has 176 valence electrons. The van der Waals surface area contributed by atoms with Gasteiger partial charge in [-0.25, -0.2) is 13.8 Å². The van der Waals surface area contributed by atoms with Crippen LogP contribution in [0.2, 0.25) is 0 Å². The zero-order valence-corrected chi connectivity index (χ0v) is 18.1. The Labute approximate surface area is 186 Å². The van der Waals surface area contributed by atoms with Crippen molar-refractivity contribution >= 4 is 17.5 Å². The van der Waals surface area contributed by atoms with Crippen molar-refractivity contribution in [3.8, 4) is 0 Å². The van der Waals surface area contributed by atoms with E-state index in [1.807, 2.05) is 0 Å². The molecule has 2 unspecified atom stereocenters. The number of hydrogen-bond acceptors (Lipinski definition) is 7. The lowest BCUT2D eigenvalue weighted by Gasteiger charge is -2.39. The van der Waals surface area contributed by atoms with Gasteiger partial charge in [-0.3, -0.25) is 25.6 Å².